The maximum Gasteiger partial charge on any atom is 0.328 e. The maximum absolute atomic E-state index is 12.4. The molecule has 24 heavy (non-hydrogen) atoms. The van der Waals surface area contributed by atoms with E-state index in [9.17, 15) is 14.4 Å². The van der Waals surface area contributed by atoms with Gasteiger partial charge in [0.15, 0.2) is 0 Å². The molecule has 8 heteroatoms. The molecule has 0 radical (unpaired) electrons. The Hall–Kier alpha value is -2.12. The van der Waals surface area contributed by atoms with E-state index in [2.05, 4.69) is 10.3 Å². The molecule has 1 aromatic heterocycles. The second-order valence-electron chi connectivity index (χ2n) is 5.82. The molecular weight excluding hydrogens is 332 g/mol. The number of carbonyl (C=O) groups is 1. The largest absolute Gasteiger partial charge is 0.337 e. The number of amides is 1. The number of rotatable bonds is 3. The number of hydrogen-bond acceptors (Lipinski definition) is 4. The Morgan fingerprint density at radius 2 is 2.04 bits per heavy atom. The molecule has 3 rings (SSSR count). The number of hydrogen-bond donors (Lipinski definition) is 2. The Kier molecular flexibility index (Phi) is 5.80. The zero-order valence-corrected chi connectivity index (χ0v) is 14.3. The van der Waals surface area contributed by atoms with Crippen molar-refractivity contribution in [3.05, 3.63) is 45.1 Å². The predicted molar refractivity (Wildman–Crippen MR) is 94.7 cm³/mol. The highest BCUT2D eigenvalue weighted by Gasteiger charge is 2.22. The van der Waals surface area contributed by atoms with Crippen LogP contribution in [0, 0.1) is 0 Å². The van der Waals surface area contributed by atoms with Crippen LogP contribution in [0.5, 0.6) is 0 Å². The monoisotopic (exact) mass is 352 g/mol. The Labute approximate surface area is 145 Å². The molecule has 7 nitrogen and oxygen atoms in total. The lowest BCUT2D eigenvalue weighted by molar-refractivity contribution is -0.134. The number of aryl methyl sites for hydroxylation is 1. The number of carbonyl (C=O) groups excluding carboxylic acids is 1. The van der Waals surface area contributed by atoms with Gasteiger partial charge < -0.3 is 10.2 Å². The molecule has 2 heterocycles. The number of halogens is 1. The van der Waals surface area contributed by atoms with E-state index in [1.165, 1.54) is 4.57 Å². The molecule has 1 atom stereocenters. The average molecular weight is 353 g/mol. The summed E-state index contributed by atoms with van der Waals surface area (Å²) >= 11 is 0. The van der Waals surface area contributed by atoms with Gasteiger partial charge in [0, 0.05) is 38.6 Å². The van der Waals surface area contributed by atoms with E-state index in [4.69, 9.17) is 0 Å². The van der Waals surface area contributed by atoms with Crippen LogP contribution in [0.15, 0.2) is 33.9 Å². The van der Waals surface area contributed by atoms with Crippen LogP contribution >= 0.6 is 12.4 Å². The number of H-pyrrole nitrogens is 1. The minimum absolute atomic E-state index is 0. The second kappa shape index (κ2) is 7.63. The van der Waals surface area contributed by atoms with Crippen LogP contribution in [0.3, 0.4) is 0 Å². The fourth-order valence-electron chi connectivity index (χ4n) is 3.03. The quantitative estimate of drug-likeness (QED) is 0.833. The standard InChI is InChI=1S/C16H20N4O3.ClH/c1-11-10-17-7-9-19(11)14(21)6-8-20-13-5-3-2-4-12(13)15(22)18-16(20)23;/h2-5,11,17H,6-10H2,1H3,(H,18,22,23);1H/t11-;/m0./s1. The molecule has 0 saturated carbocycles. The maximum atomic E-state index is 12.4. The van der Waals surface area contributed by atoms with Gasteiger partial charge in [-0.15, -0.1) is 12.4 Å². The summed E-state index contributed by atoms with van der Waals surface area (Å²) in [6, 6.07) is 7.08. The van der Waals surface area contributed by atoms with Crippen molar-refractivity contribution in [3.8, 4) is 0 Å². The van der Waals surface area contributed by atoms with E-state index in [-0.39, 0.29) is 37.3 Å². The Balaban J connectivity index is 0.00000208. The first-order chi connectivity index (χ1) is 11.1. The Bertz CT molecular complexity index is 845. The van der Waals surface area contributed by atoms with Gasteiger partial charge in [0.25, 0.3) is 5.56 Å². The molecule has 0 spiro atoms. The van der Waals surface area contributed by atoms with Crippen molar-refractivity contribution < 1.29 is 4.79 Å². The van der Waals surface area contributed by atoms with Crippen LogP contribution in [-0.4, -0.2) is 46.0 Å². The van der Waals surface area contributed by atoms with Crippen LogP contribution in [0.4, 0.5) is 0 Å². The fourth-order valence-corrected chi connectivity index (χ4v) is 3.03. The summed E-state index contributed by atoms with van der Waals surface area (Å²) in [6.07, 6.45) is 0.236. The van der Waals surface area contributed by atoms with Crippen molar-refractivity contribution in [2.45, 2.75) is 25.9 Å². The highest BCUT2D eigenvalue weighted by atomic mass is 35.5. The molecule has 0 bridgehead atoms. The summed E-state index contributed by atoms with van der Waals surface area (Å²) in [4.78, 5) is 40.5. The number of aromatic amines is 1. The summed E-state index contributed by atoms with van der Waals surface area (Å²) in [5.74, 6) is 0.0289. The van der Waals surface area contributed by atoms with Crippen molar-refractivity contribution in [1.82, 2.24) is 19.8 Å². The predicted octanol–water partition coefficient (Wildman–Crippen LogP) is 0.322. The molecule has 1 fully saturated rings. The highest BCUT2D eigenvalue weighted by molar-refractivity contribution is 5.85. The SMILES string of the molecule is C[C@H]1CNCCN1C(=O)CCn1c(=O)[nH]c(=O)c2ccccc21.Cl. The molecule has 130 valence electrons. The number of fused-ring (bicyclic) bond motifs is 1. The third kappa shape index (κ3) is 3.52. The number of nitrogens with zero attached hydrogens (tertiary/aromatic N) is 2. The van der Waals surface area contributed by atoms with E-state index < -0.39 is 11.2 Å². The first kappa shape index (κ1) is 18.2. The smallest absolute Gasteiger partial charge is 0.328 e. The van der Waals surface area contributed by atoms with E-state index >= 15 is 0 Å². The normalized spacial score (nSPS) is 17.5. The minimum atomic E-state index is -0.477. The van der Waals surface area contributed by atoms with E-state index in [1.807, 2.05) is 11.8 Å². The molecule has 0 unspecified atom stereocenters. The average Bonchev–Trinajstić information content (AvgIpc) is 2.55. The van der Waals surface area contributed by atoms with Gasteiger partial charge in [-0.05, 0) is 19.1 Å². The van der Waals surface area contributed by atoms with E-state index in [0.717, 1.165) is 13.1 Å². The number of aromatic nitrogens is 2. The lowest BCUT2D eigenvalue weighted by atomic mass is 10.2. The molecule has 2 aromatic rings. The number of para-hydroxylation sites is 1. The second-order valence-corrected chi connectivity index (χ2v) is 5.82. The summed E-state index contributed by atoms with van der Waals surface area (Å²) < 4.78 is 1.46. The summed E-state index contributed by atoms with van der Waals surface area (Å²) in [6.45, 7) is 4.52. The molecule has 1 aliphatic heterocycles. The van der Waals surface area contributed by atoms with Gasteiger partial charge in [-0.25, -0.2) is 4.79 Å². The number of benzene rings is 1. The van der Waals surface area contributed by atoms with Crippen LogP contribution in [0.1, 0.15) is 13.3 Å². The first-order valence-electron chi connectivity index (χ1n) is 7.80. The van der Waals surface area contributed by atoms with Gasteiger partial charge in [-0.1, -0.05) is 12.1 Å². The molecule has 1 amide bonds. The summed E-state index contributed by atoms with van der Waals surface area (Å²) in [7, 11) is 0. The lowest BCUT2D eigenvalue weighted by Crippen LogP contribution is -2.52. The van der Waals surface area contributed by atoms with Crippen LogP contribution in [0.25, 0.3) is 10.9 Å². The fraction of sp³-hybridized carbons (Fsp3) is 0.438. The molecule has 1 saturated heterocycles. The third-order valence-electron chi connectivity index (χ3n) is 4.28. The molecular formula is C16H21ClN4O3. The van der Waals surface area contributed by atoms with Crippen molar-refractivity contribution in [2.24, 2.45) is 0 Å². The van der Waals surface area contributed by atoms with Crippen LogP contribution < -0.4 is 16.6 Å². The van der Waals surface area contributed by atoms with Crippen molar-refractivity contribution in [3.63, 3.8) is 0 Å². The van der Waals surface area contributed by atoms with E-state index in [0.29, 0.717) is 17.4 Å². The van der Waals surface area contributed by atoms with E-state index in [1.54, 1.807) is 24.3 Å². The molecule has 2 N–H and O–H groups in total. The summed E-state index contributed by atoms with van der Waals surface area (Å²) in [5, 5.41) is 3.70. The molecule has 1 aliphatic rings. The topological polar surface area (TPSA) is 87.2 Å². The van der Waals surface area contributed by atoms with Gasteiger partial charge in [0.05, 0.1) is 10.9 Å². The first-order valence-corrected chi connectivity index (χ1v) is 7.80. The number of nitrogens with one attached hydrogen (secondary N) is 2. The minimum Gasteiger partial charge on any atom is -0.337 e. The van der Waals surface area contributed by atoms with Gasteiger partial charge in [-0.3, -0.25) is 19.1 Å². The van der Waals surface area contributed by atoms with Crippen LogP contribution in [-0.2, 0) is 11.3 Å². The van der Waals surface area contributed by atoms with Gasteiger partial charge in [0.1, 0.15) is 0 Å². The highest BCUT2D eigenvalue weighted by Crippen LogP contribution is 2.09. The van der Waals surface area contributed by atoms with Crippen LogP contribution in [0.2, 0.25) is 0 Å². The van der Waals surface area contributed by atoms with Gasteiger partial charge in [0.2, 0.25) is 5.91 Å². The zero-order chi connectivity index (χ0) is 16.4. The molecule has 1 aromatic carbocycles. The van der Waals surface area contributed by atoms with Gasteiger partial charge in [-0.2, -0.15) is 0 Å². The number of piperazine rings is 1. The molecule has 0 aliphatic carbocycles. The van der Waals surface area contributed by atoms with Crippen molar-refractivity contribution in [2.75, 3.05) is 19.6 Å². The zero-order valence-electron chi connectivity index (χ0n) is 13.4. The third-order valence-corrected chi connectivity index (χ3v) is 4.28. The van der Waals surface area contributed by atoms with Gasteiger partial charge >= 0.3 is 5.69 Å². The lowest BCUT2D eigenvalue weighted by Gasteiger charge is -2.34. The Morgan fingerprint density at radius 1 is 1.29 bits per heavy atom. The van der Waals surface area contributed by atoms with Crippen molar-refractivity contribution in [1.29, 1.82) is 0 Å². The summed E-state index contributed by atoms with van der Waals surface area (Å²) in [5.41, 5.74) is -0.318. The Morgan fingerprint density at radius 3 is 2.79 bits per heavy atom. The van der Waals surface area contributed by atoms with Crippen molar-refractivity contribution >= 4 is 29.2 Å².